The summed E-state index contributed by atoms with van der Waals surface area (Å²) in [6.45, 7) is 3.72. The summed E-state index contributed by atoms with van der Waals surface area (Å²) >= 11 is 0. The maximum absolute atomic E-state index is 11.1. The first-order chi connectivity index (χ1) is 7.79. The van der Waals surface area contributed by atoms with Crippen LogP contribution in [-0.2, 0) is 14.3 Å². The van der Waals surface area contributed by atoms with Crippen LogP contribution in [0.25, 0.3) is 0 Å². The van der Waals surface area contributed by atoms with E-state index in [1.165, 1.54) is 26.4 Å². The van der Waals surface area contributed by atoms with Crippen LogP contribution in [0.15, 0.2) is 0 Å². The number of rotatable bonds is 6. The molecule has 0 bridgehead atoms. The molecule has 0 aromatic heterocycles. The summed E-state index contributed by atoms with van der Waals surface area (Å²) in [4.78, 5) is 13.6. The zero-order chi connectivity index (χ0) is 11.4. The van der Waals surface area contributed by atoms with Crippen LogP contribution in [0.5, 0.6) is 0 Å². The molecule has 1 aliphatic carbocycles. The van der Waals surface area contributed by atoms with Gasteiger partial charge in [0.15, 0.2) is 0 Å². The van der Waals surface area contributed by atoms with Crippen LogP contribution in [0, 0.1) is 5.92 Å². The third kappa shape index (κ3) is 3.46. The van der Waals surface area contributed by atoms with Crippen molar-refractivity contribution < 1.29 is 14.3 Å². The Kier molecular flexibility index (Phi) is 4.18. The minimum absolute atomic E-state index is 0.103. The lowest BCUT2D eigenvalue weighted by molar-refractivity contribution is -0.141. The number of nitrogens with zero attached hydrogens (tertiary/aromatic N) is 1. The van der Waals surface area contributed by atoms with E-state index >= 15 is 0 Å². The molecule has 2 rings (SSSR count). The van der Waals surface area contributed by atoms with Crippen LogP contribution >= 0.6 is 0 Å². The first-order valence-corrected chi connectivity index (χ1v) is 6.18. The van der Waals surface area contributed by atoms with Crippen LogP contribution in [0.1, 0.15) is 25.7 Å². The van der Waals surface area contributed by atoms with Gasteiger partial charge in [-0.05, 0) is 25.2 Å². The molecule has 4 nitrogen and oxygen atoms in total. The van der Waals surface area contributed by atoms with Gasteiger partial charge in [-0.25, -0.2) is 0 Å². The lowest BCUT2D eigenvalue weighted by atomic mass is 10.1. The highest BCUT2D eigenvalue weighted by molar-refractivity contribution is 5.69. The van der Waals surface area contributed by atoms with Crippen molar-refractivity contribution in [2.24, 2.45) is 5.92 Å². The summed E-state index contributed by atoms with van der Waals surface area (Å²) in [6.07, 6.45) is 4.26. The predicted octanol–water partition coefficient (Wildman–Crippen LogP) is 1.05. The van der Waals surface area contributed by atoms with Crippen molar-refractivity contribution in [3.05, 3.63) is 0 Å². The lowest BCUT2D eigenvalue weighted by Crippen LogP contribution is -2.33. The van der Waals surface area contributed by atoms with E-state index in [0.717, 1.165) is 26.3 Å². The smallest absolute Gasteiger partial charge is 0.306 e. The Morgan fingerprint density at radius 1 is 1.44 bits per heavy atom. The zero-order valence-corrected chi connectivity index (χ0v) is 9.98. The van der Waals surface area contributed by atoms with Crippen LogP contribution < -0.4 is 0 Å². The summed E-state index contributed by atoms with van der Waals surface area (Å²) in [5, 5.41) is 0. The van der Waals surface area contributed by atoms with Crippen LogP contribution in [0.3, 0.4) is 0 Å². The standard InChI is InChI=1S/C12H21NO3/c1-15-12(14)4-6-13(11-2-3-11)8-10-5-7-16-9-10/h10-11H,2-9H2,1H3/t10-/m1/s1. The second-order valence-electron chi connectivity index (χ2n) is 4.78. The van der Waals surface area contributed by atoms with Gasteiger partial charge < -0.3 is 9.47 Å². The zero-order valence-electron chi connectivity index (χ0n) is 9.98. The van der Waals surface area contributed by atoms with Crippen molar-refractivity contribution in [3.8, 4) is 0 Å². The fourth-order valence-corrected chi connectivity index (χ4v) is 2.26. The third-order valence-corrected chi connectivity index (χ3v) is 3.41. The molecule has 2 aliphatic rings. The third-order valence-electron chi connectivity index (χ3n) is 3.41. The summed E-state index contributed by atoms with van der Waals surface area (Å²) in [6, 6.07) is 0.713. The van der Waals surface area contributed by atoms with Gasteiger partial charge >= 0.3 is 5.97 Å². The van der Waals surface area contributed by atoms with Gasteiger partial charge in [-0.3, -0.25) is 9.69 Å². The fraction of sp³-hybridized carbons (Fsp3) is 0.917. The van der Waals surface area contributed by atoms with Crippen LogP contribution in [0.2, 0.25) is 0 Å². The van der Waals surface area contributed by atoms with E-state index in [0.29, 0.717) is 18.4 Å². The molecule has 0 unspecified atom stereocenters. The van der Waals surface area contributed by atoms with Crippen molar-refractivity contribution in [3.63, 3.8) is 0 Å². The first-order valence-electron chi connectivity index (χ1n) is 6.18. The molecule has 0 amide bonds. The molecule has 1 atom stereocenters. The van der Waals surface area contributed by atoms with E-state index in [4.69, 9.17) is 4.74 Å². The van der Waals surface area contributed by atoms with Gasteiger partial charge in [0, 0.05) is 25.7 Å². The molecule has 1 aliphatic heterocycles. The molecule has 1 saturated heterocycles. The minimum atomic E-state index is -0.103. The molecule has 92 valence electrons. The molecular weight excluding hydrogens is 206 g/mol. The molecule has 2 fully saturated rings. The van der Waals surface area contributed by atoms with Gasteiger partial charge in [-0.15, -0.1) is 0 Å². The maximum Gasteiger partial charge on any atom is 0.306 e. The molecule has 4 heteroatoms. The quantitative estimate of drug-likeness (QED) is 0.636. The molecule has 0 aromatic carbocycles. The van der Waals surface area contributed by atoms with E-state index in [9.17, 15) is 4.79 Å². The van der Waals surface area contributed by atoms with E-state index in [1.54, 1.807) is 0 Å². The highest BCUT2D eigenvalue weighted by Gasteiger charge is 2.31. The molecule has 1 saturated carbocycles. The summed E-state index contributed by atoms with van der Waals surface area (Å²) in [5.41, 5.74) is 0. The van der Waals surface area contributed by atoms with Crippen molar-refractivity contribution in [1.29, 1.82) is 0 Å². The maximum atomic E-state index is 11.1. The van der Waals surface area contributed by atoms with Crippen molar-refractivity contribution in [2.45, 2.75) is 31.7 Å². The van der Waals surface area contributed by atoms with Crippen molar-refractivity contribution in [1.82, 2.24) is 4.90 Å². The van der Waals surface area contributed by atoms with Crippen LogP contribution in [-0.4, -0.2) is 50.3 Å². The monoisotopic (exact) mass is 227 g/mol. The highest BCUT2D eigenvalue weighted by atomic mass is 16.5. The number of ether oxygens (including phenoxy) is 2. The molecule has 0 N–H and O–H groups in total. The SMILES string of the molecule is COC(=O)CCN(C[C@H]1CCOC1)C1CC1. The molecule has 0 aromatic rings. The summed E-state index contributed by atoms with van der Waals surface area (Å²) in [7, 11) is 1.45. The number of carbonyl (C=O) groups is 1. The number of methoxy groups -OCH3 is 1. The number of carbonyl (C=O) groups excluding carboxylic acids is 1. The Hall–Kier alpha value is -0.610. The van der Waals surface area contributed by atoms with E-state index < -0.39 is 0 Å². The second-order valence-corrected chi connectivity index (χ2v) is 4.78. The molecule has 0 radical (unpaired) electrons. The Morgan fingerprint density at radius 2 is 2.25 bits per heavy atom. The van der Waals surface area contributed by atoms with Gasteiger partial charge in [-0.2, -0.15) is 0 Å². The van der Waals surface area contributed by atoms with Crippen molar-refractivity contribution in [2.75, 3.05) is 33.4 Å². The molecule has 0 spiro atoms. The Morgan fingerprint density at radius 3 is 2.81 bits per heavy atom. The molecule has 1 heterocycles. The lowest BCUT2D eigenvalue weighted by Gasteiger charge is -2.24. The Bertz CT molecular complexity index is 234. The number of esters is 1. The Balaban J connectivity index is 1.73. The average Bonchev–Trinajstić information content (AvgIpc) is 3.02. The fourth-order valence-electron chi connectivity index (χ4n) is 2.26. The van der Waals surface area contributed by atoms with Gasteiger partial charge in [0.1, 0.15) is 0 Å². The van der Waals surface area contributed by atoms with Crippen LogP contribution in [0.4, 0.5) is 0 Å². The normalized spacial score (nSPS) is 25.0. The van der Waals surface area contributed by atoms with E-state index in [1.807, 2.05) is 0 Å². The summed E-state index contributed by atoms with van der Waals surface area (Å²) in [5.74, 6) is 0.562. The second kappa shape index (κ2) is 5.64. The number of hydrogen-bond acceptors (Lipinski definition) is 4. The predicted molar refractivity (Wildman–Crippen MR) is 60.2 cm³/mol. The van der Waals surface area contributed by atoms with Gasteiger partial charge in [-0.1, -0.05) is 0 Å². The largest absolute Gasteiger partial charge is 0.469 e. The minimum Gasteiger partial charge on any atom is -0.469 e. The number of hydrogen-bond donors (Lipinski definition) is 0. The van der Waals surface area contributed by atoms with Gasteiger partial charge in [0.2, 0.25) is 0 Å². The van der Waals surface area contributed by atoms with Gasteiger partial charge in [0.05, 0.1) is 20.1 Å². The molecule has 16 heavy (non-hydrogen) atoms. The average molecular weight is 227 g/mol. The molecular formula is C12H21NO3. The summed E-state index contributed by atoms with van der Waals surface area (Å²) < 4.78 is 10.1. The van der Waals surface area contributed by atoms with E-state index in [2.05, 4.69) is 9.64 Å². The van der Waals surface area contributed by atoms with Crippen molar-refractivity contribution >= 4 is 5.97 Å². The van der Waals surface area contributed by atoms with Gasteiger partial charge in [0.25, 0.3) is 0 Å². The topological polar surface area (TPSA) is 38.8 Å². The van der Waals surface area contributed by atoms with E-state index in [-0.39, 0.29) is 5.97 Å². The highest BCUT2D eigenvalue weighted by Crippen LogP contribution is 2.28. The first kappa shape index (κ1) is 11.9. The Labute approximate surface area is 96.9 Å².